The quantitative estimate of drug-likeness (QED) is 0.869. The van der Waals surface area contributed by atoms with E-state index >= 15 is 0 Å². The Labute approximate surface area is 130 Å². The molecule has 1 aliphatic heterocycles. The summed E-state index contributed by atoms with van der Waals surface area (Å²) in [6.45, 7) is 6.31. The van der Waals surface area contributed by atoms with E-state index in [1.807, 2.05) is 31.3 Å². The van der Waals surface area contributed by atoms with Crippen molar-refractivity contribution < 1.29 is 9.32 Å². The summed E-state index contributed by atoms with van der Waals surface area (Å²) in [6, 6.07) is 0. The van der Waals surface area contributed by atoms with Crippen molar-refractivity contribution >= 4 is 5.91 Å². The molecule has 0 N–H and O–H groups in total. The van der Waals surface area contributed by atoms with Gasteiger partial charge in [-0.1, -0.05) is 12.1 Å². The van der Waals surface area contributed by atoms with E-state index in [1.54, 1.807) is 6.20 Å². The van der Waals surface area contributed by atoms with Crippen LogP contribution in [0.4, 0.5) is 0 Å². The van der Waals surface area contributed by atoms with Gasteiger partial charge in [0.25, 0.3) is 5.91 Å². The second-order valence-electron chi connectivity index (χ2n) is 5.93. The lowest BCUT2D eigenvalue weighted by molar-refractivity contribution is 0.0659. The average molecular weight is 302 g/mol. The van der Waals surface area contributed by atoms with E-state index in [1.165, 1.54) is 0 Å². The molecule has 0 spiro atoms. The summed E-state index contributed by atoms with van der Waals surface area (Å²) in [4.78, 5) is 18.8. The molecule has 6 heteroatoms. The highest BCUT2D eigenvalue weighted by molar-refractivity contribution is 5.96. The van der Waals surface area contributed by atoms with Crippen LogP contribution in [0.3, 0.4) is 0 Å². The van der Waals surface area contributed by atoms with Crippen LogP contribution in [0, 0.1) is 12.8 Å². The second kappa shape index (κ2) is 6.34. The van der Waals surface area contributed by atoms with E-state index in [4.69, 9.17) is 4.52 Å². The Balaban J connectivity index is 1.71. The number of hydrogen-bond acceptors (Lipinski definition) is 4. The lowest BCUT2D eigenvalue weighted by atomic mass is 9.97. The molecule has 0 bridgehead atoms. The van der Waals surface area contributed by atoms with Crippen LogP contribution in [-0.2, 0) is 13.0 Å². The molecule has 3 rings (SSSR count). The number of carbonyl (C=O) groups excluding carboxylic acids is 1. The number of rotatable bonds is 4. The van der Waals surface area contributed by atoms with Gasteiger partial charge in [-0.3, -0.25) is 4.79 Å². The van der Waals surface area contributed by atoms with Crippen LogP contribution in [0.2, 0.25) is 0 Å². The highest BCUT2D eigenvalue weighted by atomic mass is 16.5. The molecule has 1 saturated heterocycles. The fourth-order valence-electron chi connectivity index (χ4n) is 3.18. The minimum absolute atomic E-state index is 0.0610. The third-order valence-electron chi connectivity index (χ3n) is 4.32. The van der Waals surface area contributed by atoms with Gasteiger partial charge < -0.3 is 14.0 Å². The third kappa shape index (κ3) is 2.91. The van der Waals surface area contributed by atoms with Crippen LogP contribution in [0.25, 0.3) is 0 Å². The van der Waals surface area contributed by atoms with Crippen molar-refractivity contribution in [3.63, 3.8) is 0 Å². The maximum Gasteiger partial charge on any atom is 0.259 e. The minimum Gasteiger partial charge on any atom is -0.361 e. The zero-order chi connectivity index (χ0) is 15.5. The number of piperidine rings is 1. The number of aryl methyl sites for hydroxylation is 2. The Morgan fingerprint density at radius 1 is 1.50 bits per heavy atom. The Bertz CT molecular complexity index is 633. The largest absolute Gasteiger partial charge is 0.361 e. The van der Waals surface area contributed by atoms with Crippen LogP contribution in [0.5, 0.6) is 0 Å². The van der Waals surface area contributed by atoms with Gasteiger partial charge in [0, 0.05) is 32.0 Å². The van der Waals surface area contributed by atoms with Crippen LogP contribution < -0.4 is 0 Å². The molecule has 1 aliphatic rings. The first-order chi connectivity index (χ1) is 10.7. The van der Waals surface area contributed by atoms with E-state index in [-0.39, 0.29) is 5.91 Å². The summed E-state index contributed by atoms with van der Waals surface area (Å²) in [5.74, 6) is 1.15. The SMILES string of the molecule is CCc1noc(C)c1C(=O)N1CCC[C@@H](Cn2ccnc2)C1. The number of carbonyl (C=O) groups is 1. The summed E-state index contributed by atoms with van der Waals surface area (Å²) >= 11 is 0. The number of nitrogens with zero attached hydrogens (tertiary/aromatic N) is 4. The van der Waals surface area contributed by atoms with Gasteiger partial charge in [-0.15, -0.1) is 0 Å². The molecule has 2 aromatic heterocycles. The number of aromatic nitrogens is 3. The molecule has 6 nitrogen and oxygen atoms in total. The molecular formula is C16H22N4O2. The minimum atomic E-state index is 0.0610. The normalized spacial score (nSPS) is 18.6. The average Bonchev–Trinajstić information content (AvgIpc) is 3.16. The Hall–Kier alpha value is -2.11. The number of hydrogen-bond donors (Lipinski definition) is 0. The fraction of sp³-hybridized carbons (Fsp3) is 0.562. The number of likely N-dealkylation sites (tertiary alicyclic amines) is 1. The fourth-order valence-corrected chi connectivity index (χ4v) is 3.18. The van der Waals surface area contributed by atoms with Crippen molar-refractivity contribution in [1.82, 2.24) is 19.6 Å². The molecule has 3 heterocycles. The van der Waals surface area contributed by atoms with Crippen LogP contribution >= 0.6 is 0 Å². The van der Waals surface area contributed by atoms with Gasteiger partial charge in [0.2, 0.25) is 0 Å². The molecular weight excluding hydrogens is 280 g/mol. The predicted octanol–water partition coefficient (Wildman–Crippen LogP) is 2.29. The zero-order valence-electron chi connectivity index (χ0n) is 13.2. The maximum atomic E-state index is 12.8. The summed E-state index contributed by atoms with van der Waals surface area (Å²) < 4.78 is 7.28. The molecule has 0 aromatic carbocycles. The summed E-state index contributed by atoms with van der Waals surface area (Å²) in [5.41, 5.74) is 1.42. The lowest BCUT2D eigenvalue weighted by Crippen LogP contribution is -2.41. The molecule has 22 heavy (non-hydrogen) atoms. The van der Waals surface area contributed by atoms with Crippen molar-refractivity contribution in [3.05, 3.63) is 35.7 Å². The van der Waals surface area contributed by atoms with E-state index in [0.717, 1.165) is 38.2 Å². The first-order valence-electron chi connectivity index (χ1n) is 7.89. The molecule has 0 aliphatic carbocycles. The molecule has 2 aromatic rings. The van der Waals surface area contributed by atoms with E-state index in [2.05, 4.69) is 14.7 Å². The molecule has 0 radical (unpaired) electrons. The van der Waals surface area contributed by atoms with Crippen molar-refractivity contribution in [3.8, 4) is 0 Å². The first-order valence-corrected chi connectivity index (χ1v) is 7.89. The Morgan fingerprint density at radius 3 is 3.09 bits per heavy atom. The lowest BCUT2D eigenvalue weighted by Gasteiger charge is -2.33. The summed E-state index contributed by atoms with van der Waals surface area (Å²) in [7, 11) is 0. The second-order valence-corrected chi connectivity index (χ2v) is 5.93. The Morgan fingerprint density at radius 2 is 2.36 bits per heavy atom. The molecule has 0 unspecified atom stereocenters. The van der Waals surface area contributed by atoms with Crippen molar-refractivity contribution in [2.45, 2.75) is 39.7 Å². The van der Waals surface area contributed by atoms with Crippen LogP contribution in [-0.4, -0.2) is 38.6 Å². The van der Waals surface area contributed by atoms with Gasteiger partial charge in [0.15, 0.2) is 0 Å². The zero-order valence-corrected chi connectivity index (χ0v) is 13.2. The van der Waals surface area contributed by atoms with Crippen molar-refractivity contribution in [2.75, 3.05) is 13.1 Å². The van der Waals surface area contributed by atoms with Crippen LogP contribution in [0.1, 0.15) is 41.6 Å². The van der Waals surface area contributed by atoms with Crippen molar-refractivity contribution in [1.29, 1.82) is 0 Å². The molecule has 1 atom stereocenters. The standard InChI is InChI=1S/C16H22N4O2/c1-3-14-15(12(2)22-18-14)16(21)20-7-4-5-13(10-20)9-19-8-6-17-11-19/h6,8,11,13H,3-5,7,9-10H2,1-2H3/t13-/m0/s1. The van der Waals surface area contributed by atoms with Gasteiger partial charge in [0.1, 0.15) is 11.3 Å². The molecule has 1 amide bonds. The van der Waals surface area contributed by atoms with Gasteiger partial charge in [0.05, 0.1) is 12.0 Å². The van der Waals surface area contributed by atoms with Gasteiger partial charge >= 0.3 is 0 Å². The predicted molar refractivity (Wildman–Crippen MR) is 81.5 cm³/mol. The maximum absolute atomic E-state index is 12.8. The van der Waals surface area contributed by atoms with E-state index < -0.39 is 0 Å². The molecule has 118 valence electrons. The monoisotopic (exact) mass is 302 g/mol. The van der Waals surface area contributed by atoms with E-state index in [0.29, 0.717) is 23.7 Å². The topological polar surface area (TPSA) is 64.2 Å². The number of imidazole rings is 1. The van der Waals surface area contributed by atoms with Gasteiger partial charge in [-0.05, 0) is 32.1 Å². The smallest absolute Gasteiger partial charge is 0.259 e. The van der Waals surface area contributed by atoms with E-state index in [9.17, 15) is 4.79 Å². The molecule has 0 saturated carbocycles. The highest BCUT2D eigenvalue weighted by Gasteiger charge is 2.28. The van der Waals surface area contributed by atoms with Gasteiger partial charge in [-0.25, -0.2) is 4.98 Å². The first kappa shape index (κ1) is 14.8. The molecule has 1 fully saturated rings. The third-order valence-corrected chi connectivity index (χ3v) is 4.32. The van der Waals surface area contributed by atoms with Crippen molar-refractivity contribution in [2.24, 2.45) is 5.92 Å². The summed E-state index contributed by atoms with van der Waals surface area (Å²) in [5, 5.41) is 4.00. The van der Waals surface area contributed by atoms with Crippen LogP contribution in [0.15, 0.2) is 23.2 Å². The number of amides is 1. The Kier molecular flexibility index (Phi) is 4.27. The summed E-state index contributed by atoms with van der Waals surface area (Å²) in [6.07, 6.45) is 8.49. The van der Waals surface area contributed by atoms with Gasteiger partial charge in [-0.2, -0.15) is 0 Å². The highest BCUT2D eigenvalue weighted by Crippen LogP contribution is 2.23.